The van der Waals surface area contributed by atoms with Crippen LogP contribution in [0.2, 0.25) is 0 Å². The van der Waals surface area contributed by atoms with Gasteiger partial charge in [0.1, 0.15) is 11.4 Å². The first-order valence-corrected chi connectivity index (χ1v) is 15.3. The van der Waals surface area contributed by atoms with E-state index in [-0.39, 0.29) is 11.0 Å². The zero-order valence-corrected chi connectivity index (χ0v) is 26.5. The Labute approximate surface area is 272 Å². The van der Waals surface area contributed by atoms with Gasteiger partial charge in [-0.25, -0.2) is 4.98 Å². The third-order valence-electron chi connectivity index (χ3n) is 8.32. The highest BCUT2D eigenvalue weighted by Gasteiger charge is 2.20. The molecule has 240 valence electrons. The standard InChI is InChI=1S/C36H36N6O5/c1-22-4-6-25(7-5-22)30-20-42(19-23-12-14-47-15-13-23)21-31(33(30)43)35(44)39-27-10-8-24(9-11-27)28-16-26(18-38-34(28)37)29-17-32(45-2)40-41-36(29)46-3/h4-11,16-18,20-21,23H,12-15,19H2,1-3H3,(H2,37,38)(H,39,44). The molecule has 0 atom stereocenters. The predicted molar refractivity (Wildman–Crippen MR) is 181 cm³/mol. The molecule has 5 aromatic rings. The Hall–Kier alpha value is -5.55. The minimum absolute atomic E-state index is 0.0793. The normalized spacial score (nSPS) is 13.3. The van der Waals surface area contributed by atoms with E-state index in [1.807, 2.05) is 60.2 Å². The van der Waals surface area contributed by atoms with Crippen molar-refractivity contribution in [3.05, 3.63) is 101 Å². The quantitative estimate of drug-likeness (QED) is 0.212. The maximum atomic E-state index is 13.7. The van der Waals surface area contributed by atoms with E-state index in [9.17, 15) is 9.59 Å². The molecule has 11 heteroatoms. The highest BCUT2D eigenvalue weighted by atomic mass is 16.5. The molecule has 1 saturated heterocycles. The van der Waals surface area contributed by atoms with Crippen molar-refractivity contribution >= 4 is 17.4 Å². The van der Waals surface area contributed by atoms with Crippen LogP contribution in [0.4, 0.5) is 11.5 Å². The first-order valence-electron chi connectivity index (χ1n) is 15.3. The number of aryl methyl sites for hydroxylation is 1. The molecule has 47 heavy (non-hydrogen) atoms. The highest BCUT2D eigenvalue weighted by molar-refractivity contribution is 6.04. The van der Waals surface area contributed by atoms with Gasteiger partial charge in [0.25, 0.3) is 5.91 Å². The van der Waals surface area contributed by atoms with Gasteiger partial charge in [-0.05, 0) is 55.0 Å². The van der Waals surface area contributed by atoms with Gasteiger partial charge in [-0.3, -0.25) is 9.59 Å². The lowest BCUT2D eigenvalue weighted by Gasteiger charge is -2.23. The first-order chi connectivity index (χ1) is 22.8. The van der Waals surface area contributed by atoms with Crippen LogP contribution < -0.4 is 26.0 Å². The molecular weight excluding hydrogens is 596 g/mol. The molecule has 1 fully saturated rings. The van der Waals surface area contributed by atoms with Crippen molar-refractivity contribution in [2.45, 2.75) is 26.3 Å². The molecule has 4 heterocycles. The van der Waals surface area contributed by atoms with Crippen LogP contribution in [0, 0.1) is 12.8 Å². The molecule has 1 aliphatic rings. The van der Waals surface area contributed by atoms with Crippen LogP contribution in [-0.4, -0.2) is 53.1 Å². The van der Waals surface area contributed by atoms with Crippen molar-refractivity contribution in [3.63, 3.8) is 0 Å². The minimum atomic E-state index is -0.480. The zero-order chi connectivity index (χ0) is 32.9. The largest absolute Gasteiger partial charge is 0.480 e. The summed E-state index contributed by atoms with van der Waals surface area (Å²) >= 11 is 0. The van der Waals surface area contributed by atoms with Crippen molar-refractivity contribution in [2.75, 3.05) is 38.5 Å². The number of anilines is 2. The van der Waals surface area contributed by atoms with E-state index in [2.05, 4.69) is 20.5 Å². The maximum absolute atomic E-state index is 13.7. The summed E-state index contributed by atoms with van der Waals surface area (Å²) < 4.78 is 18.1. The predicted octanol–water partition coefficient (Wildman–Crippen LogP) is 5.62. The molecule has 3 aromatic heterocycles. The van der Waals surface area contributed by atoms with Gasteiger partial charge in [0.05, 0.1) is 19.8 Å². The number of methoxy groups -OCH3 is 2. The first kappa shape index (κ1) is 31.4. The number of nitrogens with one attached hydrogen (secondary N) is 1. The number of amides is 1. The van der Waals surface area contributed by atoms with Crippen molar-refractivity contribution in [1.29, 1.82) is 0 Å². The number of ether oxygens (including phenoxy) is 3. The van der Waals surface area contributed by atoms with Gasteiger partial charge in [0.15, 0.2) is 0 Å². The molecule has 0 spiro atoms. The number of aromatic nitrogens is 4. The average molecular weight is 633 g/mol. The van der Waals surface area contributed by atoms with Gasteiger partial charge in [0.2, 0.25) is 17.2 Å². The molecule has 0 saturated carbocycles. The number of nitrogens with zero attached hydrogens (tertiary/aromatic N) is 4. The van der Waals surface area contributed by atoms with E-state index < -0.39 is 5.91 Å². The lowest BCUT2D eigenvalue weighted by atomic mass is 9.99. The number of hydrogen-bond donors (Lipinski definition) is 2. The summed E-state index contributed by atoms with van der Waals surface area (Å²) in [5.41, 5.74) is 11.7. The minimum Gasteiger partial charge on any atom is -0.480 e. The summed E-state index contributed by atoms with van der Waals surface area (Å²) in [6.45, 7) is 4.13. The topological polar surface area (TPSA) is 143 Å². The number of nitrogens with two attached hydrogens (primary N) is 1. The molecular formula is C36H36N6O5. The van der Waals surface area contributed by atoms with Crippen molar-refractivity contribution in [1.82, 2.24) is 19.7 Å². The van der Waals surface area contributed by atoms with Crippen LogP contribution in [0.5, 0.6) is 11.8 Å². The number of rotatable bonds is 9. The number of benzene rings is 2. The summed E-state index contributed by atoms with van der Waals surface area (Å²) in [6, 6.07) is 18.6. The van der Waals surface area contributed by atoms with Gasteiger partial charge in [-0.2, -0.15) is 0 Å². The van der Waals surface area contributed by atoms with E-state index >= 15 is 0 Å². The highest BCUT2D eigenvalue weighted by Crippen LogP contribution is 2.34. The summed E-state index contributed by atoms with van der Waals surface area (Å²) in [5, 5.41) is 11.0. The van der Waals surface area contributed by atoms with Gasteiger partial charge >= 0.3 is 0 Å². The lowest BCUT2D eigenvalue weighted by Crippen LogP contribution is -2.26. The molecule has 0 radical (unpaired) electrons. The van der Waals surface area contributed by atoms with E-state index in [1.165, 1.54) is 14.2 Å². The van der Waals surface area contributed by atoms with Crippen LogP contribution in [0.1, 0.15) is 28.8 Å². The number of carbonyl (C=O) groups excluding carboxylic acids is 1. The molecule has 2 aromatic carbocycles. The van der Waals surface area contributed by atoms with E-state index in [0.717, 1.165) is 42.7 Å². The number of pyridine rings is 2. The summed E-state index contributed by atoms with van der Waals surface area (Å²) in [6.07, 6.45) is 7.02. The second kappa shape index (κ2) is 13.8. The van der Waals surface area contributed by atoms with Crippen LogP contribution in [0.15, 0.2) is 84.0 Å². The lowest BCUT2D eigenvalue weighted by molar-refractivity contribution is 0.0612. The monoisotopic (exact) mass is 632 g/mol. The third-order valence-corrected chi connectivity index (χ3v) is 8.32. The van der Waals surface area contributed by atoms with Gasteiger partial charge < -0.3 is 29.8 Å². The number of hydrogen-bond acceptors (Lipinski definition) is 9. The second-order valence-corrected chi connectivity index (χ2v) is 11.5. The Balaban J connectivity index is 1.28. The molecule has 0 aliphatic carbocycles. The number of carbonyl (C=O) groups is 1. The SMILES string of the molecule is COc1cc(-c2cnc(N)c(-c3ccc(NC(=O)c4cn(CC5CCOCC5)cc(-c5ccc(C)cc5)c4=O)cc3)c2)c(OC)nn1. The molecule has 3 N–H and O–H groups in total. The molecule has 1 aliphatic heterocycles. The molecule has 11 nitrogen and oxygen atoms in total. The van der Waals surface area contributed by atoms with E-state index in [4.69, 9.17) is 19.9 Å². The van der Waals surface area contributed by atoms with Crippen LogP contribution in [0.3, 0.4) is 0 Å². The van der Waals surface area contributed by atoms with Crippen LogP contribution >= 0.6 is 0 Å². The Kier molecular flexibility index (Phi) is 9.25. The maximum Gasteiger partial charge on any atom is 0.261 e. The van der Waals surface area contributed by atoms with Crippen LogP contribution in [0.25, 0.3) is 33.4 Å². The van der Waals surface area contributed by atoms with Gasteiger partial charge in [0, 0.05) is 66.8 Å². The fourth-order valence-corrected chi connectivity index (χ4v) is 5.67. The Morgan fingerprint density at radius 2 is 1.62 bits per heavy atom. The Morgan fingerprint density at radius 1 is 0.915 bits per heavy atom. The second-order valence-electron chi connectivity index (χ2n) is 11.5. The average Bonchev–Trinajstić information content (AvgIpc) is 3.10. The van der Waals surface area contributed by atoms with Gasteiger partial charge in [-0.1, -0.05) is 42.0 Å². The molecule has 0 unspecified atom stereocenters. The third kappa shape index (κ3) is 7.00. The summed E-state index contributed by atoms with van der Waals surface area (Å²) in [5.74, 6) is 0.904. The summed E-state index contributed by atoms with van der Waals surface area (Å²) in [4.78, 5) is 31.7. The Bertz CT molecular complexity index is 1950. The Morgan fingerprint density at radius 3 is 2.32 bits per heavy atom. The van der Waals surface area contributed by atoms with Crippen LogP contribution in [-0.2, 0) is 11.3 Å². The van der Waals surface area contributed by atoms with Crippen molar-refractivity contribution < 1.29 is 19.0 Å². The smallest absolute Gasteiger partial charge is 0.261 e. The van der Waals surface area contributed by atoms with Crippen molar-refractivity contribution in [3.8, 4) is 45.1 Å². The number of nitrogen functional groups attached to an aromatic ring is 1. The fourth-order valence-electron chi connectivity index (χ4n) is 5.67. The van der Waals surface area contributed by atoms with Crippen molar-refractivity contribution in [2.24, 2.45) is 5.92 Å². The molecule has 6 rings (SSSR count). The fraction of sp³-hybridized carbons (Fsp3) is 0.250. The zero-order valence-electron chi connectivity index (χ0n) is 26.5. The van der Waals surface area contributed by atoms with E-state index in [0.29, 0.717) is 58.0 Å². The van der Waals surface area contributed by atoms with E-state index in [1.54, 1.807) is 30.6 Å². The summed E-state index contributed by atoms with van der Waals surface area (Å²) in [7, 11) is 3.02. The van der Waals surface area contributed by atoms with Gasteiger partial charge in [-0.15, -0.1) is 10.2 Å². The molecule has 0 bridgehead atoms. The molecule has 1 amide bonds.